The van der Waals surface area contributed by atoms with Crippen LogP contribution in [0.3, 0.4) is 0 Å². The number of hydrogen-bond donors (Lipinski definition) is 2. The van der Waals surface area contributed by atoms with E-state index in [4.69, 9.17) is 0 Å². The van der Waals surface area contributed by atoms with Crippen molar-refractivity contribution < 1.29 is 10.2 Å². The number of hydrogen-bond acceptors (Lipinski definition) is 3. The molecule has 2 aliphatic carbocycles. The topological polar surface area (TPSA) is 43.7 Å². The molecule has 0 saturated heterocycles. The predicted octanol–water partition coefficient (Wildman–Crippen LogP) is 4.61. The minimum atomic E-state index is -0.439. The molecule has 5 unspecified atom stereocenters. The van der Waals surface area contributed by atoms with Gasteiger partial charge in [0.2, 0.25) is 0 Å². The first-order chi connectivity index (χ1) is 10.2. The van der Waals surface area contributed by atoms with Crippen molar-refractivity contribution in [3.8, 4) is 0 Å². The van der Waals surface area contributed by atoms with E-state index in [0.29, 0.717) is 11.8 Å². The summed E-state index contributed by atoms with van der Waals surface area (Å²) >= 11 is 0. The monoisotopic (exact) mass is 309 g/mol. The van der Waals surface area contributed by atoms with Crippen LogP contribution in [0.15, 0.2) is 11.5 Å². The summed E-state index contributed by atoms with van der Waals surface area (Å²) < 4.78 is 0. The first-order valence-electron chi connectivity index (χ1n) is 9.07. The van der Waals surface area contributed by atoms with Crippen LogP contribution in [0.5, 0.6) is 0 Å². The summed E-state index contributed by atoms with van der Waals surface area (Å²) in [5.41, 5.74) is 0.673. The van der Waals surface area contributed by atoms with Gasteiger partial charge in [-0.05, 0) is 56.5 Å². The number of nitrogens with zero attached hydrogens (tertiary/aromatic N) is 1. The molecule has 0 aromatic carbocycles. The standard InChI is InChI=1S/C19H35NO2/c1-8-10-20(7)19(6)16(17(19)18(21)22)12(4)11(3)15-13(5)14(15)9-2/h11-16,21-22H,8-10H2,1-7H3/t11-,12?,13?,14?,15+,16?,19?/m1/s1. The molecule has 7 atom stereocenters. The molecule has 0 radical (unpaired) electrons. The molecule has 0 aliphatic heterocycles. The molecule has 2 N–H and O–H groups in total. The van der Waals surface area contributed by atoms with E-state index in [9.17, 15) is 10.2 Å². The van der Waals surface area contributed by atoms with Crippen LogP contribution in [0.25, 0.3) is 0 Å². The summed E-state index contributed by atoms with van der Waals surface area (Å²) in [4.78, 5) is 2.30. The molecular weight excluding hydrogens is 274 g/mol. The Morgan fingerprint density at radius 2 is 1.82 bits per heavy atom. The normalized spacial score (nSPS) is 39.7. The zero-order valence-electron chi connectivity index (χ0n) is 15.4. The highest BCUT2D eigenvalue weighted by atomic mass is 16.5. The van der Waals surface area contributed by atoms with Gasteiger partial charge in [0.1, 0.15) is 0 Å². The van der Waals surface area contributed by atoms with E-state index >= 15 is 0 Å². The Labute approximate surface area is 136 Å². The van der Waals surface area contributed by atoms with Crippen LogP contribution in [0, 0.1) is 35.5 Å². The molecule has 2 rings (SSSR count). The summed E-state index contributed by atoms with van der Waals surface area (Å²) in [6.07, 6.45) is 2.36. The highest BCUT2D eigenvalue weighted by Crippen LogP contribution is 2.63. The average Bonchev–Trinajstić information content (AvgIpc) is 3.30. The summed E-state index contributed by atoms with van der Waals surface area (Å²) in [5.74, 6) is 3.46. The second-order valence-corrected chi connectivity index (χ2v) is 8.01. The van der Waals surface area contributed by atoms with Gasteiger partial charge in [0.05, 0.1) is 5.54 Å². The van der Waals surface area contributed by atoms with Crippen LogP contribution in [0.1, 0.15) is 54.4 Å². The fourth-order valence-electron chi connectivity index (χ4n) is 5.35. The Kier molecular flexibility index (Phi) is 4.87. The Morgan fingerprint density at radius 1 is 1.23 bits per heavy atom. The van der Waals surface area contributed by atoms with Gasteiger partial charge in [0.15, 0.2) is 0 Å². The zero-order chi connectivity index (χ0) is 16.8. The maximum atomic E-state index is 9.76. The smallest absolute Gasteiger partial charge is 0.275 e. The highest BCUT2D eigenvalue weighted by molar-refractivity contribution is 5.44. The van der Waals surface area contributed by atoms with Crippen LogP contribution in [-0.4, -0.2) is 34.2 Å². The van der Waals surface area contributed by atoms with Gasteiger partial charge in [-0.25, -0.2) is 0 Å². The molecule has 2 aliphatic rings. The Bertz CT molecular complexity index is 443. The lowest BCUT2D eigenvalue weighted by molar-refractivity contribution is 0.175. The summed E-state index contributed by atoms with van der Waals surface area (Å²) in [6, 6.07) is 0. The second-order valence-electron chi connectivity index (χ2n) is 8.01. The first-order valence-corrected chi connectivity index (χ1v) is 9.07. The minimum absolute atomic E-state index is 0.178. The van der Waals surface area contributed by atoms with Gasteiger partial charge >= 0.3 is 0 Å². The zero-order valence-corrected chi connectivity index (χ0v) is 15.4. The second kappa shape index (κ2) is 6.07. The SMILES string of the molecule is CCCN(C)C1(C)C(=C(O)O)C1C(C)[C@@H](C)[C@H]1C(C)C1CC. The molecule has 3 nitrogen and oxygen atoms in total. The first kappa shape index (κ1) is 17.7. The van der Waals surface area contributed by atoms with Crippen molar-refractivity contribution in [2.45, 2.75) is 59.9 Å². The quantitative estimate of drug-likeness (QED) is 0.675. The van der Waals surface area contributed by atoms with Crippen molar-refractivity contribution in [1.29, 1.82) is 0 Å². The molecule has 0 heterocycles. The van der Waals surface area contributed by atoms with Gasteiger partial charge in [-0.3, -0.25) is 4.90 Å². The Morgan fingerprint density at radius 3 is 2.23 bits per heavy atom. The van der Waals surface area contributed by atoms with Crippen LogP contribution in [0.4, 0.5) is 0 Å². The third-order valence-electron chi connectivity index (χ3n) is 7.04. The van der Waals surface area contributed by atoms with Gasteiger partial charge in [0, 0.05) is 11.5 Å². The van der Waals surface area contributed by atoms with Crippen molar-refractivity contribution >= 4 is 0 Å². The van der Waals surface area contributed by atoms with E-state index in [2.05, 4.69) is 53.5 Å². The van der Waals surface area contributed by atoms with Crippen molar-refractivity contribution in [3.63, 3.8) is 0 Å². The van der Waals surface area contributed by atoms with Gasteiger partial charge in [0.25, 0.3) is 5.95 Å². The van der Waals surface area contributed by atoms with Gasteiger partial charge in [-0.1, -0.05) is 41.0 Å². The van der Waals surface area contributed by atoms with E-state index in [0.717, 1.165) is 36.3 Å². The third-order valence-corrected chi connectivity index (χ3v) is 7.04. The molecule has 0 bridgehead atoms. The molecular formula is C19H35NO2. The average molecular weight is 309 g/mol. The molecule has 2 fully saturated rings. The lowest BCUT2D eigenvalue weighted by Gasteiger charge is -2.28. The molecule has 0 aromatic heterocycles. The van der Waals surface area contributed by atoms with Crippen LogP contribution >= 0.6 is 0 Å². The number of aliphatic hydroxyl groups is 2. The lowest BCUT2D eigenvalue weighted by atomic mass is 9.84. The minimum Gasteiger partial charge on any atom is -0.481 e. The fraction of sp³-hybridized carbons (Fsp3) is 0.895. The predicted molar refractivity (Wildman–Crippen MR) is 91.9 cm³/mol. The molecule has 0 spiro atoms. The molecule has 0 aromatic rings. The van der Waals surface area contributed by atoms with Crippen molar-refractivity contribution in [2.75, 3.05) is 13.6 Å². The van der Waals surface area contributed by atoms with E-state index in [1.165, 1.54) is 6.42 Å². The largest absolute Gasteiger partial charge is 0.481 e. The van der Waals surface area contributed by atoms with Crippen LogP contribution < -0.4 is 0 Å². The molecule has 2 saturated carbocycles. The van der Waals surface area contributed by atoms with Crippen LogP contribution in [-0.2, 0) is 0 Å². The molecule has 22 heavy (non-hydrogen) atoms. The molecule has 128 valence electrons. The summed E-state index contributed by atoms with van der Waals surface area (Å²) in [6.45, 7) is 14.7. The van der Waals surface area contributed by atoms with E-state index in [-0.39, 0.29) is 11.5 Å². The van der Waals surface area contributed by atoms with Crippen LogP contribution in [0.2, 0.25) is 0 Å². The van der Waals surface area contributed by atoms with Gasteiger partial charge in [-0.15, -0.1) is 0 Å². The molecule has 0 amide bonds. The number of rotatable bonds is 7. The summed E-state index contributed by atoms with van der Waals surface area (Å²) in [7, 11) is 2.11. The van der Waals surface area contributed by atoms with E-state index < -0.39 is 5.95 Å². The number of likely N-dealkylation sites (N-methyl/N-ethyl adjacent to an activating group) is 1. The Hall–Kier alpha value is -0.700. The maximum absolute atomic E-state index is 9.76. The van der Waals surface area contributed by atoms with E-state index in [1.807, 2.05) is 0 Å². The molecule has 3 heteroatoms. The number of aliphatic hydroxyl groups excluding tert-OH is 1. The third kappa shape index (κ3) is 2.55. The lowest BCUT2D eigenvalue weighted by Crippen LogP contribution is -2.36. The van der Waals surface area contributed by atoms with Crippen molar-refractivity contribution in [2.24, 2.45) is 35.5 Å². The fourth-order valence-corrected chi connectivity index (χ4v) is 5.35. The van der Waals surface area contributed by atoms with E-state index in [1.54, 1.807) is 0 Å². The Balaban J connectivity index is 2.15. The summed E-state index contributed by atoms with van der Waals surface area (Å²) in [5, 5.41) is 19.5. The van der Waals surface area contributed by atoms with Crippen molar-refractivity contribution in [3.05, 3.63) is 11.5 Å². The van der Waals surface area contributed by atoms with Gasteiger partial charge < -0.3 is 10.2 Å². The van der Waals surface area contributed by atoms with Gasteiger partial charge in [-0.2, -0.15) is 0 Å². The van der Waals surface area contributed by atoms with Crippen molar-refractivity contribution in [1.82, 2.24) is 4.90 Å². The highest BCUT2D eigenvalue weighted by Gasteiger charge is 2.65. The maximum Gasteiger partial charge on any atom is 0.275 e.